The number of carbonyl (C=O) groups excluding carboxylic acids is 2. The number of carbonyl (C=O) groups is 2. The topological polar surface area (TPSA) is 116 Å². The predicted octanol–water partition coefficient (Wildman–Crippen LogP) is 2.16. The van der Waals surface area contributed by atoms with Crippen LogP contribution in [0, 0.1) is 23.7 Å². The first-order valence-electron chi connectivity index (χ1n) is 13.6. The zero-order valence-corrected chi connectivity index (χ0v) is 20.8. The lowest BCUT2D eigenvalue weighted by atomic mass is 9.76. The molecule has 7 atom stereocenters. The largest absolute Gasteiger partial charge is 0.391 e. The first kappa shape index (κ1) is 27.6. The van der Waals surface area contributed by atoms with Crippen LogP contribution >= 0.6 is 0 Å². The highest BCUT2D eigenvalue weighted by Crippen LogP contribution is 2.41. The number of hydrazine groups is 1. The molecule has 4 fully saturated rings. The van der Waals surface area contributed by atoms with E-state index in [0.717, 1.165) is 51.5 Å². The molecule has 0 spiro atoms. The first-order valence-corrected chi connectivity index (χ1v) is 13.6. The summed E-state index contributed by atoms with van der Waals surface area (Å²) >= 11 is 0. The van der Waals surface area contributed by atoms with Crippen LogP contribution in [0.1, 0.15) is 77.0 Å². The van der Waals surface area contributed by atoms with Crippen molar-refractivity contribution in [1.29, 1.82) is 0 Å². The third kappa shape index (κ3) is 7.53. The Kier molecular flexibility index (Phi) is 9.84. The smallest absolute Gasteiger partial charge is 0.356 e. The summed E-state index contributed by atoms with van der Waals surface area (Å²) in [5.74, 6) is -0.912. The number of hydroxylamine groups is 1. The number of alkyl halides is 3. The number of hydrogen-bond donors (Lipinski definition) is 6. The summed E-state index contributed by atoms with van der Waals surface area (Å²) in [5, 5.41) is 9.63. The number of unbranched alkanes of at least 4 members (excludes halogenated alkanes) is 1. The van der Waals surface area contributed by atoms with Gasteiger partial charge >= 0.3 is 6.18 Å². The molecule has 7 unspecified atom stereocenters. The maximum atomic E-state index is 13.1. The molecule has 4 aliphatic rings. The van der Waals surface area contributed by atoms with Crippen molar-refractivity contribution >= 4 is 11.8 Å². The zero-order valence-electron chi connectivity index (χ0n) is 20.8. The van der Waals surface area contributed by atoms with Crippen LogP contribution in [0.5, 0.6) is 0 Å². The summed E-state index contributed by atoms with van der Waals surface area (Å²) < 4.78 is 39.2. The van der Waals surface area contributed by atoms with E-state index in [1.165, 1.54) is 0 Å². The molecule has 2 aliphatic carbocycles. The van der Waals surface area contributed by atoms with Gasteiger partial charge in [0.05, 0.1) is 18.2 Å². The first-order chi connectivity index (χ1) is 17.3. The Hall–Kier alpha value is -1.47. The molecular formula is C24H41F3N6O3. The van der Waals surface area contributed by atoms with E-state index in [-0.39, 0.29) is 61.5 Å². The van der Waals surface area contributed by atoms with Crippen molar-refractivity contribution in [3.05, 3.63) is 0 Å². The minimum Gasteiger partial charge on any atom is -0.356 e. The van der Waals surface area contributed by atoms with Crippen LogP contribution in [-0.4, -0.2) is 49.6 Å². The fourth-order valence-electron chi connectivity index (χ4n) is 6.15. The number of nitrogens with one attached hydrogen (secondary N) is 6. The van der Waals surface area contributed by atoms with Gasteiger partial charge < -0.3 is 10.6 Å². The monoisotopic (exact) mass is 518 g/mol. The molecule has 0 aromatic heterocycles. The average Bonchev–Trinajstić information content (AvgIpc) is 3.35. The van der Waals surface area contributed by atoms with Gasteiger partial charge in [-0.15, -0.1) is 0 Å². The Morgan fingerprint density at radius 2 is 1.86 bits per heavy atom. The van der Waals surface area contributed by atoms with Gasteiger partial charge in [0.2, 0.25) is 11.8 Å². The number of amides is 2. The highest BCUT2D eigenvalue weighted by atomic mass is 19.4. The average molecular weight is 519 g/mol. The number of fused-ring (bicyclic) bond motifs is 1. The summed E-state index contributed by atoms with van der Waals surface area (Å²) in [7, 11) is 0. The summed E-state index contributed by atoms with van der Waals surface area (Å²) in [5.41, 5.74) is 8.73. The highest BCUT2D eigenvalue weighted by Gasteiger charge is 2.45. The van der Waals surface area contributed by atoms with E-state index in [9.17, 15) is 22.8 Å². The second kappa shape index (κ2) is 12.9. The molecule has 2 amide bonds. The van der Waals surface area contributed by atoms with Crippen molar-refractivity contribution in [2.45, 2.75) is 102 Å². The molecule has 0 aromatic rings. The van der Waals surface area contributed by atoms with Gasteiger partial charge in [-0.05, 0) is 63.8 Å². The molecule has 4 rings (SSSR count). The molecule has 9 nitrogen and oxygen atoms in total. The maximum Gasteiger partial charge on any atom is 0.391 e. The van der Waals surface area contributed by atoms with Crippen LogP contribution in [0.15, 0.2) is 0 Å². The van der Waals surface area contributed by atoms with E-state index >= 15 is 0 Å². The van der Waals surface area contributed by atoms with Gasteiger partial charge in [0, 0.05) is 24.8 Å². The van der Waals surface area contributed by atoms with Crippen molar-refractivity contribution in [3.8, 4) is 0 Å². The van der Waals surface area contributed by atoms with E-state index in [4.69, 9.17) is 4.84 Å². The third-order valence-electron chi connectivity index (χ3n) is 8.21. The lowest BCUT2D eigenvalue weighted by Crippen LogP contribution is -2.64. The van der Waals surface area contributed by atoms with Crippen molar-refractivity contribution in [3.63, 3.8) is 0 Å². The van der Waals surface area contributed by atoms with Crippen molar-refractivity contribution in [1.82, 2.24) is 32.3 Å². The predicted molar refractivity (Wildman–Crippen MR) is 126 cm³/mol. The quantitative estimate of drug-likeness (QED) is 0.246. The molecule has 0 aromatic carbocycles. The molecule has 0 bridgehead atoms. The number of rotatable bonds is 10. The zero-order chi connectivity index (χ0) is 25.5. The molecule has 2 saturated carbocycles. The fraction of sp³-hybridized carbons (Fsp3) is 0.917. The van der Waals surface area contributed by atoms with Crippen LogP contribution in [0.2, 0.25) is 0 Å². The summed E-state index contributed by atoms with van der Waals surface area (Å²) in [6, 6.07) is 0. The Bertz CT molecular complexity index is 742. The van der Waals surface area contributed by atoms with Crippen LogP contribution < -0.4 is 32.3 Å². The lowest BCUT2D eigenvalue weighted by Gasteiger charge is -2.41. The summed E-state index contributed by atoms with van der Waals surface area (Å²) in [6.45, 7) is 1.39. The van der Waals surface area contributed by atoms with Crippen molar-refractivity contribution < 1.29 is 27.6 Å². The standard InChI is InChI=1S/C24H41F3N6O3/c25-24(26,27)16-7-5-6-15(14-16)21-30-20(36-33-21)11-10-19(34)28-12-3-4-13-29-22-17-8-1-2-9-18(17)23(35)32-31-22/h15-18,20-22,29-31,33H,1-14H2,(H,28,34)(H,32,35). The van der Waals surface area contributed by atoms with Gasteiger partial charge in [-0.1, -0.05) is 19.3 Å². The van der Waals surface area contributed by atoms with Crippen molar-refractivity contribution in [2.75, 3.05) is 13.1 Å². The van der Waals surface area contributed by atoms with E-state index in [2.05, 4.69) is 32.3 Å². The van der Waals surface area contributed by atoms with E-state index in [1.54, 1.807) is 0 Å². The Balaban J connectivity index is 1.04. The summed E-state index contributed by atoms with van der Waals surface area (Å²) in [4.78, 5) is 29.7. The molecule has 6 N–H and O–H groups in total. The van der Waals surface area contributed by atoms with E-state index in [1.807, 2.05) is 0 Å². The minimum atomic E-state index is -4.14. The van der Waals surface area contributed by atoms with Crippen LogP contribution in [0.4, 0.5) is 13.2 Å². The molecule has 36 heavy (non-hydrogen) atoms. The number of hydrogen-bond acceptors (Lipinski definition) is 7. The minimum absolute atomic E-state index is 0.0617. The molecule has 2 heterocycles. The van der Waals surface area contributed by atoms with Gasteiger partial charge in [0.25, 0.3) is 0 Å². The highest BCUT2D eigenvalue weighted by molar-refractivity contribution is 5.79. The summed E-state index contributed by atoms with van der Waals surface area (Å²) in [6.07, 6.45) is 3.63. The SMILES string of the molecule is O=C(CCC1NC(C2CCCC(C(F)(F)F)C2)NO1)NCCCCNC1NNC(=O)C2CCCCC12. The molecule has 0 radical (unpaired) electrons. The fourth-order valence-corrected chi connectivity index (χ4v) is 6.15. The van der Waals surface area contributed by atoms with Gasteiger partial charge in [-0.3, -0.25) is 25.2 Å². The van der Waals surface area contributed by atoms with E-state index < -0.39 is 12.1 Å². The molecule has 12 heteroatoms. The number of halogens is 3. The Labute approximate surface area is 210 Å². The molecule has 2 saturated heterocycles. The molecule has 206 valence electrons. The van der Waals surface area contributed by atoms with Crippen molar-refractivity contribution in [2.24, 2.45) is 23.7 Å². The Morgan fingerprint density at radius 3 is 2.69 bits per heavy atom. The third-order valence-corrected chi connectivity index (χ3v) is 8.21. The van der Waals surface area contributed by atoms with E-state index in [0.29, 0.717) is 25.3 Å². The second-order valence-electron chi connectivity index (χ2n) is 10.7. The van der Waals surface area contributed by atoms with Gasteiger partial charge in [0.1, 0.15) is 6.23 Å². The van der Waals surface area contributed by atoms with Gasteiger partial charge in [-0.2, -0.15) is 18.7 Å². The van der Waals surface area contributed by atoms with Crippen LogP contribution in [-0.2, 0) is 14.4 Å². The lowest BCUT2D eigenvalue weighted by molar-refractivity contribution is -0.187. The van der Waals surface area contributed by atoms with Crippen LogP contribution in [0.25, 0.3) is 0 Å². The second-order valence-corrected chi connectivity index (χ2v) is 10.7. The maximum absolute atomic E-state index is 13.1. The molecule has 2 aliphatic heterocycles. The van der Waals surface area contributed by atoms with Gasteiger partial charge in [0.15, 0.2) is 0 Å². The van der Waals surface area contributed by atoms with Crippen LogP contribution in [0.3, 0.4) is 0 Å². The molecular weight excluding hydrogens is 477 g/mol. The van der Waals surface area contributed by atoms with Gasteiger partial charge in [-0.25, -0.2) is 5.43 Å². The Morgan fingerprint density at radius 1 is 1.06 bits per heavy atom. The normalized spacial score (nSPS) is 35.2.